The lowest BCUT2D eigenvalue weighted by Gasteiger charge is -2.36. The molecule has 1 atom stereocenters. The molecule has 0 spiro atoms. The number of nitrogens with zero attached hydrogens (tertiary/aromatic N) is 3. The van der Waals surface area contributed by atoms with Crippen LogP contribution in [0, 0.1) is 5.82 Å². The number of likely N-dealkylation sites (N-methyl/N-ethyl adjacent to an activating group) is 1. The molecule has 0 radical (unpaired) electrons. The molecule has 4 rings (SSSR count). The van der Waals surface area contributed by atoms with Gasteiger partial charge in [-0.05, 0) is 35.9 Å². The molecule has 152 valence electrons. The Morgan fingerprint density at radius 1 is 1.03 bits per heavy atom. The first-order valence-electron chi connectivity index (χ1n) is 10.2. The molecule has 0 N–H and O–H groups in total. The molecule has 0 bridgehead atoms. The molecule has 2 heterocycles. The van der Waals surface area contributed by atoms with Gasteiger partial charge in [0.2, 0.25) is 5.91 Å². The van der Waals surface area contributed by atoms with E-state index in [1.165, 1.54) is 12.1 Å². The molecule has 1 unspecified atom stereocenters. The summed E-state index contributed by atoms with van der Waals surface area (Å²) in [7, 11) is 0. The lowest BCUT2D eigenvalue weighted by Crippen LogP contribution is -2.49. The molecule has 2 aromatic rings. The zero-order valence-electron chi connectivity index (χ0n) is 16.7. The average Bonchev–Trinajstić information content (AvgIpc) is 3.09. The Morgan fingerprint density at radius 2 is 1.72 bits per heavy atom. The summed E-state index contributed by atoms with van der Waals surface area (Å²) in [6.45, 7) is 6.73. The van der Waals surface area contributed by atoms with Gasteiger partial charge in [-0.2, -0.15) is 0 Å². The zero-order valence-corrected chi connectivity index (χ0v) is 16.7. The quantitative estimate of drug-likeness (QED) is 0.782. The maximum atomic E-state index is 13.5. The van der Waals surface area contributed by atoms with E-state index in [1.54, 1.807) is 17.0 Å². The summed E-state index contributed by atoms with van der Waals surface area (Å²) in [5.41, 5.74) is 2.44. The summed E-state index contributed by atoms with van der Waals surface area (Å²) in [6, 6.07) is 13.3. The van der Waals surface area contributed by atoms with Crippen LogP contribution in [0.5, 0.6) is 0 Å². The molecule has 2 amide bonds. The molecular weight excluding hydrogens is 369 g/mol. The van der Waals surface area contributed by atoms with Gasteiger partial charge in [-0.3, -0.25) is 9.59 Å². The van der Waals surface area contributed by atoms with Crippen LogP contribution in [0.2, 0.25) is 0 Å². The van der Waals surface area contributed by atoms with Crippen LogP contribution in [0.3, 0.4) is 0 Å². The minimum Gasteiger partial charge on any atom is -0.340 e. The number of halogens is 1. The van der Waals surface area contributed by atoms with E-state index in [9.17, 15) is 14.0 Å². The van der Waals surface area contributed by atoms with Crippen LogP contribution in [-0.4, -0.2) is 59.2 Å². The second-order valence-electron chi connectivity index (χ2n) is 7.68. The summed E-state index contributed by atoms with van der Waals surface area (Å²) in [5, 5.41) is 0. The average molecular weight is 395 g/mol. The minimum atomic E-state index is -0.410. The topological polar surface area (TPSA) is 43.9 Å². The Balaban J connectivity index is 1.56. The fraction of sp³-hybridized carbons (Fsp3) is 0.391. The van der Waals surface area contributed by atoms with Crippen molar-refractivity contribution in [3.05, 3.63) is 71.0 Å². The predicted molar refractivity (Wildman–Crippen MR) is 109 cm³/mol. The molecule has 1 saturated heterocycles. The lowest BCUT2D eigenvalue weighted by atomic mass is 10.0. The van der Waals surface area contributed by atoms with Crippen molar-refractivity contribution >= 4 is 11.8 Å². The second-order valence-corrected chi connectivity index (χ2v) is 7.68. The number of rotatable bonds is 5. The molecular formula is C23H26FN3O2. The van der Waals surface area contributed by atoms with Gasteiger partial charge in [0.05, 0.1) is 12.5 Å². The third-order valence-corrected chi connectivity index (χ3v) is 6.02. The molecule has 0 aromatic heterocycles. The second kappa shape index (κ2) is 8.33. The summed E-state index contributed by atoms with van der Waals surface area (Å²) >= 11 is 0. The third-order valence-electron chi connectivity index (χ3n) is 6.02. The number of amides is 2. The van der Waals surface area contributed by atoms with E-state index < -0.39 is 6.04 Å². The van der Waals surface area contributed by atoms with Crippen molar-refractivity contribution < 1.29 is 14.0 Å². The van der Waals surface area contributed by atoms with Crippen LogP contribution in [0.4, 0.5) is 4.39 Å². The van der Waals surface area contributed by atoms with Crippen molar-refractivity contribution in [1.29, 1.82) is 0 Å². The number of hydrogen-bond donors (Lipinski definition) is 0. The molecule has 1 fully saturated rings. The Labute approximate surface area is 170 Å². The number of benzene rings is 2. The van der Waals surface area contributed by atoms with Gasteiger partial charge in [0.1, 0.15) is 5.82 Å². The Kier molecular flexibility index (Phi) is 5.62. The van der Waals surface area contributed by atoms with Crippen molar-refractivity contribution in [2.45, 2.75) is 25.9 Å². The van der Waals surface area contributed by atoms with E-state index >= 15 is 0 Å². The summed E-state index contributed by atoms with van der Waals surface area (Å²) in [6.07, 6.45) is 0.206. The van der Waals surface area contributed by atoms with Crippen LogP contribution in [0.15, 0.2) is 48.5 Å². The number of fused-ring (bicyclic) bond motifs is 1. The highest BCUT2D eigenvalue weighted by Crippen LogP contribution is 2.34. The van der Waals surface area contributed by atoms with Gasteiger partial charge < -0.3 is 14.7 Å². The Hall–Kier alpha value is -2.73. The monoisotopic (exact) mass is 395 g/mol. The van der Waals surface area contributed by atoms with E-state index in [0.29, 0.717) is 25.2 Å². The normalized spacial score (nSPS) is 18.1. The third kappa shape index (κ3) is 4.03. The number of piperazine rings is 1. The largest absolute Gasteiger partial charge is 0.340 e. The Morgan fingerprint density at radius 3 is 2.38 bits per heavy atom. The smallest absolute Gasteiger partial charge is 0.255 e. The first-order chi connectivity index (χ1) is 14.1. The highest BCUT2D eigenvalue weighted by Gasteiger charge is 2.35. The van der Waals surface area contributed by atoms with Crippen molar-refractivity contribution in [3.8, 4) is 0 Å². The molecule has 5 nitrogen and oxygen atoms in total. The van der Waals surface area contributed by atoms with Crippen molar-refractivity contribution in [2.75, 3.05) is 32.7 Å². The number of hydrogen-bond acceptors (Lipinski definition) is 3. The van der Waals surface area contributed by atoms with Crippen LogP contribution >= 0.6 is 0 Å². The summed E-state index contributed by atoms with van der Waals surface area (Å²) in [5.74, 6) is -0.358. The van der Waals surface area contributed by atoms with Gasteiger partial charge in [0.25, 0.3) is 5.91 Å². The standard InChI is InChI=1S/C23H26FN3O2/c1-2-25-11-13-26(14-12-25)22(28)15-21(17-7-9-19(24)10-8-17)27-16-18-5-3-4-6-20(18)23(27)29/h3-10,21H,2,11-16H2,1H3. The first-order valence-corrected chi connectivity index (χ1v) is 10.2. The molecule has 2 aromatic carbocycles. The maximum absolute atomic E-state index is 13.5. The fourth-order valence-electron chi connectivity index (χ4n) is 4.23. The SMILES string of the molecule is CCN1CCN(C(=O)CC(c2ccc(F)cc2)N2Cc3ccccc3C2=O)CC1. The predicted octanol–water partition coefficient (Wildman–Crippen LogP) is 3.08. The molecule has 2 aliphatic rings. The number of carbonyl (C=O) groups excluding carboxylic acids is 2. The van der Waals surface area contributed by atoms with Crippen LogP contribution in [0.1, 0.15) is 40.9 Å². The van der Waals surface area contributed by atoms with Gasteiger partial charge in [-0.25, -0.2) is 4.39 Å². The zero-order chi connectivity index (χ0) is 20.4. The molecule has 2 aliphatic heterocycles. The van der Waals surface area contributed by atoms with Crippen LogP contribution < -0.4 is 0 Å². The Bertz CT molecular complexity index is 891. The summed E-state index contributed by atoms with van der Waals surface area (Å²) < 4.78 is 13.5. The minimum absolute atomic E-state index is 0.0406. The van der Waals surface area contributed by atoms with E-state index in [1.807, 2.05) is 29.2 Å². The van der Waals surface area contributed by atoms with Crippen LogP contribution in [0.25, 0.3) is 0 Å². The van der Waals surface area contributed by atoms with Gasteiger partial charge in [0.15, 0.2) is 0 Å². The van der Waals surface area contributed by atoms with Crippen molar-refractivity contribution in [2.24, 2.45) is 0 Å². The molecule has 29 heavy (non-hydrogen) atoms. The highest BCUT2D eigenvalue weighted by atomic mass is 19.1. The lowest BCUT2D eigenvalue weighted by molar-refractivity contribution is -0.134. The van der Waals surface area contributed by atoms with E-state index in [-0.39, 0.29) is 24.1 Å². The summed E-state index contributed by atoms with van der Waals surface area (Å²) in [4.78, 5) is 32.1. The first kappa shape index (κ1) is 19.6. The van der Waals surface area contributed by atoms with Gasteiger partial charge >= 0.3 is 0 Å². The molecule has 6 heteroatoms. The molecule has 0 aliphatic carbocycles. The van der Waals surface area contributed by atoms with Gasteiger partial charge in [-0.15, -0.1) is 0 Å². The maximum Gasteiger partial charge on any atom is 0.255 e. The van der Waals surface area contributed by atoms with Crippen LogP contribution in [-0.2, 0) is 11.3 Å². The number of carbonyl (C=O) groups is 2. The van der Waals surface area contributed by atoms with E-state index in [4.69, 9.17) is 0 Å². The fourth-order valence-corrected chi connectivity index (χ4v) is 4.23. The van der Waals surface area contributed by atoms with Crippen molar-refractivity contribution in [3.63, 3.8) is 0 Å². The van der Waals surface area contributed by atoms with E-state index in [2.05, 4.69) is 11.8 Å². The van der Waals surface area contributed by atoms with E-state index in [0.717, 1.165) is 30.8 Å². The molecule has 0 saturated carbocycles. The van der Waals surface area contributed by atoms with Gasteiger partial charge in [-0.1, -0.05) is 37.3 Å². The van der Waals surface area contributed by atoms with Crippen molar-refractivity contribution in [1.82, 2.24) is 14.7 Å². The van der Waals surface area contributed by atoms with Gasteiger partial charge in [0, 0.05) is 38.3 Å². The highest BCUT2D eigenvalue weighted by molar-refractivity contribution is 5.98.